The standard InChI is InChI=1S/C34H24F2N4O4/c1-2-27(41)31-22-13-21(25(39-12-4-7-30(39)42)15-28(22)44-33(31)18-8-10-19(35)11-9-18)34-37-16-29-32(38-34)26-14-20-23(36)5-3-6-24(20)40(26)17-43-29/h3,5-6,8-11,13-16H,2,4,7,12,17H2,1H3. The van der Waals surface area contributed by atoms with Gasteiger partial charge in [0.15, 0.2) is 24.1 Å². The topological polar surface area (TPSA) is 90.5 Å². The molecule has 8 rings (SSSR count). The van der Waals surface area contributed by atoms with Crippen LogP contribution >= 0.6 is 0 Å². The predicted molar refractivity (Wildman–Crippen MR) is 160 cm³/mol. The first kappa shape index (κ1) is 26.3. The number of carbonyl (C=O) groups is 2. The van der Waals surface area contributed by atoms with E-state index in [9.17, 15) is 18.4 Å². The first-order valence-corrected chi connectivity index (χ1v) is 14.4. The Morgan fingerprint density at radius 1 is 1.05 bits per heavy atom. The van der Waals surface area contributed by atoms with Crippen LogP contribution in [-0.4, -0.2) is 32.8 Å². The third-order valence-corrected chi connectivity index (χ3v) is 8.36. The number of amides is 1. The first-order chi connectivity index (χ1) is 21.4. The zero-order chi connectivity index (χ0) is 30.1. The van der Waals surface area contributed by atoms with Crippen LogP contribution in [0.2, 0.25) is 0 Å². The largest absolute Gasteiger partial charge is 0.469 e. The monoisotopic (exact) mass is 590 g/mol. The summed E-state index contributed by atoms with van der Waals surface area (Å²) >= 11 is 0. The van der Waals surface area contributed by atoms with Gasteiger partial charge in [0, 0.05) is 47.4 Å². The highest BCUT2D eigenvalue weighted by molar-refractivity contribution is 6.14. The van der Waals surface area contributed by atoms with Crippen molar-refractivity contribution in [2.75, 3.05) is 11.4 Å². The van der Waals surface area contributed by atoms with Crippen molar-refractivity contribution in [3.05, 3.63) is 84.1 Å². The third-order valence-electron chi connectivity index (χ3n) is 8.36. The highest BCUT2D eigenvalue weighted by Crippen LogP contribution is 2.43. The molecule has 10 heteroatoms. The second kappa shape index (κ2) is 9.84. The van der Waals surface area contributed by atoms with Crippen LogP contribution in [0.3, 0.4) is 0 Å². The lowest BCUT2D eigenvalue weighted by atomic mass is 9.98. The minimum absolute atomic E-state index is 0.0438. The van der Waals surface area contributed by atoms with Gasteiger partial charge in [-0.05, 0) is 55.0 Å². The fourth-order valence-electron chi connectivity index (χ4n) is 6.20. The fourth-order valence-corrected chi connectivity index (χ4v) is 6.20. The first-order valence-electron chi connectivity index (χ1n) is 14.4. The van der Waals surface area contributed by atoms with E-state index in [1.54, 1.807) is 54.4 Å². The Labute approximate surface area is 249 Å². The van der Waals surface area contributed by atoms with Crippen LogP contribution in [-0.2, 0) is 11.5 Å². The number of anilines is 1. The maximum absolute atomic E-state index is 14.7. The maximum Gasteiger partial charge on any atom is 0.227 e. The molecule has 0 unspecified atom stereocenters. The summed E-state index contributed by atoms with van der Waals surface area (Å²) in [7, 11) is 0. The molecule has 6 aromatic rings. The molecule has 218 valence electrons. The normalized spacial score (nSPS) is 14.2. The molecule has 0 N–H and O–H groups in total. The van der Waals surface area contributed by atoms with E-state index in [1.165, 1.54) is 18.2 Å². The number of fused-ring (bicyclic) bond motifs is 6. The van der Waals surface area contributed by atoms with Crippen LogP contribution in [0.1, 0.15) is 36.5 Å². The minimum atomic E-state index is -0.402. The average molecular weight is 591 g/mol. The number of furan rings is 1. The molecule has 0 bridgehead atoms. The summed E-state index contributed by atoms with van der Waals surface area (Å²) in [6, 6.07) is 16.0. The Balaban J connectivity index is 1.37. The van der Waals surface area contributed by atoms with Gasteiger partial charge in [-0.15, -0.1) is 0 Å². The molecule has 1 fully saturated rings. The zero-order valence-electron chi connectivity index (χ0n) is 23.6. The van der Waals surface area contributed by atoms with Gasteiger partial charge < -0.3 is 18.6 Å². The van der Waals surface area contributed by atoms with E-state index in [2.05, 4.69) is 4.98 Å². The van der Waals surface area contributed by atoms with Crippen molar-refractivity contribution in [3.63, 3.8) is 0 Å². The molecule has 1 amide bonds. The van der Waals surface area contributed by atoms with Crippen molar-refractivity contribution < 1.29 is 27.5 Å². The van der Waals surface area contributed by atoms with Crippen molar-refractivity contribution in [1.29, 1.82) is 0 Å². The number of halogens is 2. The van der Waals surface area contributed by atoms with Gasteiger partial charge in [-0.25, -0.2) is 18.7 Å². The lowest BCUT2D eigenvalue weighted by Crippen LogP contribution is -2.24. The smallest absolute Gasteiger partial charge is 0.227 e. The molecule has 2 aliphatic rings. The van der Waals surface area contributed by atoms with Crippen LogP contribution in [0.15, 0.2) is 71.3 Å². The second-order valence-corrected chi connectivity index (χ2v) is 10.9. The fraction of sp³-hybridized carbons (Fsp3) is 0.176. The van der Waals surface area contributed by atoms with Crippen molar-refractivity contribution in [2.24, 2.45) is 0 Å². The summed E-state index contributed by atoms with van der Waals surface area (Å²) in [6.45, 7) is 2.45. The number of Topliss-reactive ketones (excluding diaryl/α,β-unsaturated/α-hetero) is 1. The van der Waals surface area contributed by atoms with Gasteiger partial charge in [0.2, 0.25) is 5.91 Å². The Morgan fingerprint density at radius 3 is 2.66 bits per heavy atom. The number of hydrogen-bond acceptors (Lipinski definition) is 6. The number of ether oxygens (including phenoxy) is 1. The molecule has 1 saturated heterocycles. The molecule has 2 aliphatic heterocycles. The molecule has 8 nitrogen and oxygen atoms in total. The molecule has 3 aromatic carbocycles. The average Bonchev–Trinajstić information content (AvgIpc) is 3.75. The van der Waals surface area contributed by atoms with E-state index in [-0.39, 0.29) is 30.7 Å². The molecule has 0 saturated carbocycles. The van der Waals surface area contributed by atoms with Gasteiger partial charge in [-0.3, -0.25) is 9.59 Å². The molecule has 44 heavy (non-hydrogen) atoms. The lowest BCUT2D eigenvalue weighted by Gasteiger charge is -2.22. The van der Waals surface area contributed by atoms with E-state index in [1.807, 2.05) is 10.6 Å². The molecular weight excluding hydrogens is 566 g/mol. The second-order valence-electron chi connectivity index (χ2n) is 10.9. The van der Waals surface area contributed by atoms with Gasteiger partial charge in [-0.1, -0.05) is 13.0 Å². The van der Waals surface area contributed by atoms with Crippen LogP contribution in [0.5, 0.6) is 5.75 Å². The molecule has 5 heterocycles. The van der Waals surface area contributed by atoms with Gasteiger partial charge in [0.1, 0.15) is 28.7 Å². The summed E-state index contributed by atoms with van der Waals surface area (Å²) in [6.07, 6.45) is 2.89. The summed E-state index contributed by atoms with van der Waals surface area (Å²) in [5.74, 6) is 0.152. The molecule has 0 spiro atoms. The lowest BCUT2D eigenvalue weighted by molar-refractivity contribution is -0.117. The van der Waals surface area contributed by atoms with E-state index >= 15 is 0 Å². The van der Waals surface area contributed by atoms with E-state index in [0.29, 0.717) is 92.4 Å². The Kier molecular flexibility index (Phi) is 5.87. The highest BCUT2D eigenvalue weighted by atomic mass is 19.1. The molecule has 3 aromatic heterocycles. The maximum atomic E-state index is 14.7. The van der Waals surface area contributed by atoms with E-state index in [4.69, 9.17) is 14.1 Å². The number of hydrogen-bond donors (Lipinski definition) is 0. The number of nitrogens with zero attached hydrogens (tertiary/aromatic N) is 4. The quantitative estimate of drug-likeness (QED) is 0.193. The number of aromatic nitrogens is 3. The predicted octanol–water partition coefficient (Wildman–Crippen LogP) is 7.53. The van der Waals surface area contributed by atoms with Gasteiger partial charge in [-0.2, -0.15) is 0 Å². The van der Waals surface area contributed by atoms with Crippen LogP contribution < -0.4 is 9.64 Å². The van der Waals surface area contributed by atoms with Crippen molar-refractivity contribution in [1.82, 2.24) is 14.5 Å². The summed E-state index contributed by atoms with van der Waals surface area (Å²) in [5, 5.41) is 0.994. The summed E-state index contributed by atoms with van der Waals surface area (Å²) in [4.78, 5) is 37.6. The summed E-state index contributed by atoms with van der Waals surface area (Å²) in [5.41, 5.74) is 4.28. The Hall–Kier alpha value is -5.38. The molecule has 0 atom stereocenters. The van der Waals surface area contributed by atoms with Gasteiger partial charge in [0.25, 0.3) is 0 Å². The highest BCUT2D eigenvalue weighted by Gasteiger charge is 2.30. The number of carbonyl (C=O) groups excluding carboxylic acids is 2. The van der Waals surface area contributed by atoms with E-state index < -0.39 is 5.82 Å². The molecule has 0 radical (unpaired) electrons. The van der Waals surface area contributed by atoms with Crippen molar-refractivity contribution in [3.8, 4) is 39.8 Å². The third kappa shape index (κ3) is 3.94. The number of benzene rings is 3. The number of ketones is 1. The van der Waals surface area contributed by atoms with Crippen LogP contribution in [0, 0.1) is 11.6 Å². The van der Waals surface area contributed by atoms with Crippen LogP contribution in [0.25, 0.3) is 56.0 Å². The van der Waals surface area contributed by atoms with Crippen LogP contribution in [0.4, 0.5) is 14.5 Å². The SMILES string of the molecule is CCC(=O)c1c(-c2ccc(F)cc2)oc2cc(N3CCCC3=O)c(-c3ncc4c(n3)-c3cc5c(F)cccc5n3CO4)cc12. The van der Waals surface area contributed by atoms with Crippen molar-refractivity contribution >= 4 is 39.2 Å². The Bertz CT molecular complexity index is 2170. The van der Waals surface area contributed by atoms with E-state index in [0.717, 1.165) is 0 Å². The molecular formula is C34H24F2N4O4. The molecule has 0 aliphatic carbocycles. The van der Waals surface area contributed by atoms with Gasteiger partial charge in [0.05, 0.1) is 28.7 Å². The summed E-state index contributed by atoms with van der Waals surface area (Å²) < 4.78 is 42.5. The minimum Gasteiger partial charge on any atom is -0.469 e. The van der Waals surface area contributed by atoms with Gasteiger partial charge >= 0.3 is 0 Å². The zero-order valence-corrected chi connectivity index (χ0v) is 23.6. The van der Waals surface area contributed by atoms with Crippen molar-refractivity contribution in [2.45, 2.75) is 32.9 Å². The number of rotatable bonds is 5. The Morgan fingerprint density at radius 2 is 1.89 bits per heavy atom.